The third-order valence-electron chi connectivity index (χ3n) is 1.67. The van der Waals surface area contributed by atoms with Crippen LogP contribution in [0.25, 0.3) is 0 Å². The molecule has 0 aromatic carbocycles. The molecule has 0 amide bonds. The Morgan fingerprint density at radius 2 is 2.12 bits per heavy atom. The van der Waals surface area contributed by atoms with Gasteiger partial charge in [0.25, 0.3) is 0 Å². The quantitative estimate of drug-likeness (QED) is 0.440. The normalized spacial score (nSPS) is 10.7. The first-order chi connectivity index (χ1) is 7.59. The molecule has 0 fully saturated rings. The van der Waals surface area contributed by atoms with Gasteiger partial charge in [-0.05, 0) is 32.1 Å². The van der Waals surface area contributed by atoms with E-state index in [1.165, 1.54) is 12.3 Å². The Morgan fingerprint density at radius 1 is 1.38 bits per heavy atom. The van der Waals surface area contributed by atoms with E-state index in [4.69, 9.17) is 4.74 Å². The number of carbonyl (C=O) groups is 2. The van der Waals surface area contributed by atoms with E-state index in [2.05, 4.69) is 4.98 Å². The van der Waals surface area contributed by atoms with Crippen LogP contribution in [0, 0.1) is 0 Å². The molecule has 0 saturated carbocycles. The van der Waals surface area contributed by atoms with Gasteiger partial charge in [-0.1, -0.05) is 0 Å². The Morgan fingerprint density at radius 3 is 2.69 bits per heavy atom. The molecule has 0 bridgehead atoms. The van der Waals surface area contributed by atoms with E-state index in [0.29, 0.717) is 5.56 Å². The molecule has 0 radical (unpaired) electrons. The topological polar surface area (TPSA) is 56.3 Å². The second kappa shape index (κ2) is 5.80. The van der Waals surface area contributed by atoms with E-state index in [1.807, 2.05) is 0 Å². The third kappa shape index (κ3) is 4.04. The minimum Gasteiger partial charge on any atom is -0.460 e. The van der Waals surface area contributed by atoms with Crippen molar-refractivity contribution >= 4 is 11.8 Å². The molecule has 0 spiro atoms. The number of allylic oxidation sites excluding steroid dienone is 1. The molecule has 0 aliphatic heterocycles. The SMILES string of the molecule is CC(C)OC(=O)/C=C/C(=O)c1cccnc1. The molecular weight excluding hydrogens is 206 g/mol. The summed E-state index contributed by atoms with van der Waals surface area (Å²) in [6, 6.07) is 3.29. The molecule has 1 aromatic heterocycles. The van der Waals surface area contributed by atoms with Gasteiger partial charge in [-0.15, -0.1) is 0 Å². The van der Waals surface area contributed by atoms with Crippen molar-refractivity contribution < 1.29 is 14.3 Å². The average molecular weight is 219 g/mol. The van der Waals surface area contributed by atoms with Crippen LogP contribution in [-0.4, -0.2) is 22.8 Å². The molecule has 84 valence electrons. The lowest BCUT2D eigenvalue weighted by Gasteiger charge is -2.03. The summed E-state index contributed by atoms with van der Waals surface area (Å²) in [5.74, 6) is -0.791. The number of hydrogen-bond acceptors (Lipinski definition) is 4. The Bertz CT molecular complexity index is 396. The molecule has 0 saturated heterocycles. The predicted octanol–water partition coefficient (Wildman–Crippen LogP) is 1.77. The summed E-state index contributed by atoms with van der Waals surface area (Å²) in [7, 11) is 0. The summed E-state index contributed by atoms with van der Waals surface area (Å²) in [5.41, 5.74) is 0.441. The predicted molar refractivity (Wildman–Crippen MR) is 58.9 cm³/mol. The number of ketones is 1. The number of hydrogen-bond donors (Lipinski definition) is 0. The monoisotopic (exact) mass is 219 g/mol. The number of ether oxygens (including phenoxy) is 1. The number of nitrogens with zero attached hydrogens (tertiary/aromatic N) is 1. The Hall–Kier alpha value is -1.97. The lowest BCUT2D eigenvalue weighted by molar-refractivity contribution is -0.141. The van der Waals surface area contributed by atoms with Crippen molar-refractivity contribution in [2.24, 2.45) is 0 Å². The summed E-state index contributed by atoms with van der Waals surface area (Å²) in [6.45, 7) is 3.49. The molecule has 0 aliphatic rings. The van der Waals surface area contributed by atoms with Crippen molar-refractivity contribution in [3.63, 3.8) is 0 Å². The number of rotatable bonds is 4. The average Bonchev–Trinajstić information content (AvgIpc) is 2.26. The van der Waals surface area contributed by atoms with Crippen molar-refractivity contribution in [1.82, 2.24) is 4.98 Å². The molecule has 1 aromatic rings. The molecule has 0 N–H and O–H groups in total. The fourth-order valence-electron chi connectivity index (χ4n) is 1.02. The fourth-order valence-corrected chi connectivity index (χ4v) is 1.02. The van der Waals surface area contributed by atoms with Crippen molar-refractivity contribution in [1.29, 1.82) is 0 Å². The molecular formula is C12H13NO3. The summed E-state index contributed by atoms with van der Waals surface area (Å²) in [6.07, 6.45) is 5.14. The van der Waals surface area contributed by atoms with Crippen molar-refractivity contribution in [3.05, 3.63) is 42.2 Å². The Balaban J connectivity index is 2.58. The van der Waals surface area contributed by atoms with Gasteiger partial charge in [-0.3, -0.25) is 9.78 Å². The van der Waals surface area contributed by atoms with Crippen LogP contribution >= 0.6 is 0 Å². The van der Waals surface area contributed by atoms with E-state index >= 15 is 0 Å². The summed E-state index contributed by atoms with van der Waals surface area (Å²) >= 11 is 0. The highest BCUT2D eigenvalue weighted by Crippen LogP contribution is 1.99. The molecule has 0 unspecified atom stereocenters. The van der Waals surface area contributed by atoms with Crippen molar-refractivity contribution in [3.8, 4) is 0 Å². The Kier molecular flexibility index (Phi) is 4.39. The zero-order chi connectivity index (χ0) is 12.0. The first-order valence-electron chi connectivity index (χ1n) is 4.92. The number of carbonyl (C=O) groups excluding carboxylic acids is 2. The van der Waals surface area contributed by atoms with Gasteiger partial charge in [0.05, 0.1) is 6.10 Å². The molecule has 1 heterocycles. The number of aromatic nitrogens is 1. The third-order valence-corrected chi connectivity index (χ3v) is 1.67. The summed E-state index contributed by atoms with van der Waals surface area (Å²) in [5, 5.41) is 0. The molecule has 1 rings (SSSR count). The van der Waals surface area contributed by atoms with Crippen LogP contribution in [0.1, 0.15) is 24.2 Å². The highest BCUT2D eigenvalue weighted by atomic mass is 16.5. The van der Waals surface area contributed by atoms with Crippen LogP contribution in [-0.2, 0) is 9.53 Å². The minimum atomic E-state index is -0.521. The molecule has 0 atom stereocenters. The van der Waals surface area contributed by atoms with Crippen LogP contribution in [0.4, 0.5) is 0 Å². The van der Waals surface area contributed by atoms with Crippen LogP contribution in [0.5, 0.6) is 0 Å². The van der Waals surface area contributed by atoms with Crippen LogP contribution in [0.15, 0.2) is 36.7 Å². The van der Waals surface area contributed by atoms with Gasteiger partial charge in [0.2, 0.25) is 0 Å². The van der Waals surface area contributed by atoms with Crippen LogP contribution in [0.3, 0.4) is 0 Å². The first-order valence-corrected chi connectivity index (χ1v) is 4.92. The van der Waals surface area contributed by atoms with E-state index in [0.717, 1.165) is 6.08 Å². The minimum absolute atomic E-state index is 0.189. The molecule has 16 heavy (non-hydrogen) atoms. The number of esters is 1. The van der Waals surface area contributed by atoms with E-state index in [1.54, 1.807) is 32.2 Å². The summed E-state index contributed by atoms with van der Waals surface area (Å²) < 4.78 is 4.84. The highest BCUT2D eigenvalue weighted by Gasteiger charge is 2.04. The fraction of sp³-hybridized carbons (Fsp3) is 0.250. The smallest absolute Gasteiger partial charge is 0.331 e. The largest absolute Gasteiger partial charge is 0.460 e. The molecule has 4 nitrogen and oxygen atoms in total. The van der Waals surface area contributed by atoms with Gasteiger partial charge in [-0.25, -0.2) is 4.79 Å². The maximum Gasteiger partial charge on any atom is 0.331 e. The van der Waals surface area contributed by atoms with Gasteiger partial charge in [0, 0.05) is 24.0 Å². The van der Waals surface area contributed by atoms with E-state index in [-0.39, 0.29) is 11.9 Å². The van der Waals surface area contributed by atoms with Crippen molar-refractivity contribution in [2.75, 3.05) is 0 Å². The standard InChI is InChI=1S/C12H13NO3/c1-9(2)16-12(15)6-5-11(14)10-4-3-7-13-8-10/h3-9H,1-2H3/b6-5+. The van der Waals surface area contributed by atoms with Gasteiger partial charge in [0.1, 0.15) is 0 Å². The van der Waals surface area contributed by atoms with Gasteiger partial charge in [0.15, 0.2) is 5.78 Å². The highest BCUT2D eigenvalue weighted by molar-refractivity contribution is 6.06. The first kappa shape index (κ1) is 12.1. The summed E-state index contributed by atoms with van der Waals surface area (Å²) in [4.78, 5) is 26.4. The second-order valence-electron chi connectivity index (χ2n) is 3.42. The van der Waals surface area contributed by atoms with Gasteiger partial charge in [-0.2, -0.15) is 0 Å². The lowest BCUT2D eigenvalue weighted by atomic mass is 10.2. The maximum absolute atomic E-state index is 11.5. The second-order valence-corrected chi connectivity index (χ2v) is 3.42. The zero-order valence-corrected chi connectivity index (χ0v) is 9.21. The molecule has 4 heteroatoms. The lowest BCUT2D eigenvalue weighted by Crippen LogP contribution is -2.09. The maximum atomic E-state index is 11.5. The van der Waals surface area contributed by atoms with E-state index in [9.17, 15) is 9.59 Å². The molecule has 0 aliphatic carbocycles. The van der Waals surface area contributed by atoms with E-state index < -0.39 is 5.97 Å². The van der Waals surface area contributed by atoms with Gasteiger partial charge < -0.3 is 4.74 Å². The zero-order valence-electron chi connectivity index (χ0n) is 9.21. The van der Waals surface area contributed by atoms with Crippen LogP contribution < -0.4 is 0 Å². The Labute approximate surface area is 94.0 Å². The van der Waals surface area contributed by atoms with Crippen molar-refractivity contribution in [2.45, 2.75) is 20.0 Å². The van der Waals surface area contributed by atoms with Gasteiger partial charge >= 0.3 is 5.97 Å². The number of pyridine rings is 1. The van der Waals surface area contributed by atoms with Crippen LogP contribution in [0.2, 0.25) is 0 Å².